The normalized spacial score (nSPS) is 11.0. The second kappa shape index (κ2) is 10.3. The number of ether oxygens (including phenoxy) is 1. The molecule has 3 aromatic carbocycles. The topological polar surface area (TPSA) is 84.5 Å². The van der Waals surface area contributed by atoms with Crippen LogP contribution in [0.2, 0.25) is 0 Å². The van der Waals surface area contributed by atoms with Crippen LogP contribution in [0.5, 0.6) is 5.75 Å². The Labute approximate surface area is 184 Å². The molecule has 0 heterocycles. The molecule has 0 saturated heterocycles. The van der Waals surface area contributed by atoms with Gasteiger partial charge in [0, 0.05) is 11.4 Å². The van der Waals surface area contributed by atoms with Gasteiger partial charge in [0.25, 0.3) is 10.0 Å². The van der Waals surface area contributed by atoms with Crippen molar-refractivity contribution in [2.75, 3.05) is 22.9 Å². The lowest BCUT2D eigenvalue weighted by molar-refractivity contribution is -0.113. The molecular formula is C22H21FN2O4S2. The van der Waals surface area contributed by atoms with E-state index in [9.17, 15) is 17.6 Å². The van der Waals surface area contributed by atoms with Gasteiger partial charge in [-0.2, -0.15) is 0 Å². The first-order chi connectivity index (χ1) is 14.9. The average Bonchev–Trinajstić information content (AvgIpc) is 2.75. The predicted octanol–water partition coefficient (Wildman–Crippen LogP) is 4.51. The molecule has 0 atom stereocenters. The maximum Gasteiger partial charge on any atom is 0.262 e. The van der Waals surface area contributed by atoms with Crippen LogP contribution in [0.1, 0.15) is 5.56 Å². The van der Waals surface area contributed by atoms with Crippen LogP contribution in [0.25, 0.3) is 0 Å². The number of hydrogen-bond donors (Lipinski definition) is 2. The van der Waals surface area contributed by atoms with E-state index in [2.05, 4.69) is 10.0 Å². The summed E-state index contributed by atoms with van der Waals surface area (Å²) in [6, 6.07) is 18.9. The zero-order valence-corrected chi connectivity index (χ0v) is 18.3. The van der Waals surface area contributed by atoms with Crippen LogP contribution >= 0.6 is 11.8 Å². The highest BCUT2D eigenvalue weighted by Gasteiger charge is 2.17. The van der Waals surface area contributed by atoms with Crippen LogP contribution in [0.3, 0.4) is 0 Å². The second-order valence-corrected chi connectivity index (χ2v) is 9.17. The lowest BCUT2D eigenvalue weighted by atomic mass is 10.2. The van der Waals surface area contributed by atoms with E-state index >= 15 is 0 Å². The number of carbonyl (C=O) groups is 1. The minimum atomic E-state index is -3.97. The maximum absolute atomic E-state index is 13.1. The molecule has 3 aromatic rings. The molecular weight excluding hydrogens is 439 g/mol. The molecule has 0 radical (unpaired) electrons. The van der Waals surface area contributed by atoms with Crippen molar-refractivity contribution in [1.29, 1.82) is 0 Å². The first-order valence-electron chi connectivity index (χ1n) is 9.25. The minimum Gasteiger partial charge on any atom is -0.495 e. The molecule has 2 N–H and O–H groups in total. The van der Waals surface area contributed by atoms with Gasteiger partial charge in [0.2, 0.25) is 5.91 Å². The Hall–Kier alpha value is -3.04. The molecule has 0 aliphatic carbocycles. The van der Waals surface area contributed by atoms with Crippen molar-refractivity contribution in [2.45, 2.75) is 10.6 Å². The largest absolute Gasteiger partial charge is 0.495 e. The number of rotatable bonds is 9. The summed E-state index contributed by atoms with van der Waals surface area (Å²) in [7, 11) is -2.56. The fraction of sp³-hybridized carbons (Fsp3) is 0.136. The van der Waals surface area contributed by atoms with Crippen LogP contribution in [-0.4, -0.2) is 27.2 Å². The van der Waals surface area contributed by atoms with E-state index < -0.39 is 15.8 Å². The van der Waals surface area contributed by atoms with Gasteiger partial charge in [0.15, 0.2) is 0 Å². The molecule has 6 nitrogen and oxygen atoms in total. The number of carbonyl (C=O) groups excluding carboxylic acids is 1. The molecule has 9 heteroatoms. The summed E-state index contributed by atoms with van der Waals surface area (Å²) in [6.45, 7) is 0. The van der Waals surface area contributed by atoms with E-state index in [1.807, 2.05) is 30.3 Å². The second-order valence-electron chi connectivity index (χ2n) is 6.50. The Kier molecular flexibility index (Phi) is 7.54. The summed E-state index contributed by atoms with van der Waals surface area (Å²) in [5, 5.41) is 2.75. The van der Waals surface area contributed by atoms with Crippen LogP contribution in [0.15, 0.2) is 77.7 Å². The van der Waals surface area contributed by atoms with E-state index in [1.54, 1.807) is 12.1 Å². The number of thioether (sulfide) groups is 1. The molecule has 0 spiro atoms. The first-order valence-corrected chi connectivity index (χ1v) is 11.9. The third-order valence-corrected chi connectivity index (χ3v) is 6.58. The van der Waals surface area contributed by atoms with Gasteiger partial charge in [-0.1, -0.05) is 30.3 Å². The van der Waals surface area contributed by atoms with Gasteiger partial charge < -0.3 is 10.1 Å². The average molecular weight is 461 g/mol. The Morgan fingerprint density at radius 2 is 1.74 bits per heavy atom. The highest BCUT2D eigenvalue weighted by Crippen LogP contribution is 2.30. The molecule has 1 amide bonds. The minimum absolute atomic E-state index is 0.0947. The van der Waals surface area contributed by atoms with Gasteiger partial charge in [0.1, 0.15) is 11.6 Å². The lowest BCUT2D eigenvalue weighted by Crippen LogP contribution is -2.16. The molecule has 3 rings (SSSR count). The fourth-order valence-electron chi connectivity index (χ4n) is 2.72. The van der Waals surface area contributed by atoms with E-state index in [4.69, 9.17) is 4.74 Å². The van der Waals surface area contributed by atoms with E-state index in [0.717, 1.165) is 17.7 Å². The third-order valence-electron chi connectivity index (χ3n) is 4.20. The van der Waals surface area contributed by atoms with Crippen molar-refractivity contribution in [2.24, 2.45) is 0 Å². The van der Waals surface area contributed by atoms with Crippen LogP contribution in [-0.2, 0) is 20.6 Å². The SMILES string of the molecule is COc1ccc(NC(=O)CSCc2ccccc2)cc1NS(=O)(=O)c1ccc(F)cc1. The highest BCUT2D eigenvalue weighted by atomic mass is 32.2. The molecule has 0 unspecified atom stereocenters. The van der Waals surface area contributed by atoms with Gasteiger partial charge in [-0.05, 0) is 48.0 Å². The molecule has 0 aromatic heterocycles. The number of benzene rings is 3. The smallest absolute Gasteiger partial charge is 0.262 e. The van der Waals surface area contributed by atoms with Gasteiger partial charge >= 0.3 is 0 Å². The zero-order chi connectivity index (χ0) is 22.3. The number of anilines is 2. The van der Waals surface area contributed by atoms with Crippen LogP contribution < -0.4 is 14.8 Å². The summed E-state index contributed by atoms with van der Waals surface area (Å²) in [5.41, 5.74) is 1.70. The Morgan fingerprint density at radius 1 is 1.03 bits per heavy atom. The van der Waals surface area contributed by atoms with E-state index in [1.165, 1.54) is 37.1 Å². The number of hydrogen-bond acceptors (Lipinski definition) is 5. The van der Waals surface area contributed by atoms with Crippen molar-refractivity contribution in [3.63, 3.8) is 0 Å². The Bertz CT molecular complexity index is 1140. The number of amides is 1. The highest BCUT2D eigenvalue weighted by molar-refractivity contribution is 7.99. The van der Waals surface area contributed by atoms with Crippen molar-refractivity contribution >= 4 is 39.1 Å². The van der Waals surface area contributed by atoms with Crippen LogP contribution in [0, 0.1) is 5.82 Å². The summed E-state index contributed by atoms with van der Waals surface area (Å²) < 4.78 is 46.0. The van der Waals surface area contributed by atoms with E-state index in [-0.39, 0.29) is 28.0 Å². The van der Waals surface area contributed by atoms with Crippen molar-refractivity contribution in [3.05, 3.63) is 84.2 Å². The molecule has 31 heavy (non-hydrogen) atoms. The zero-order valence-electron chi connectivity index (χ0n) is 16.7. The molecule has 0 aliphatic rings. The summed E-state index contributed by atoms with van der Waals surface area (Å²) in [6.07, 6.45) is 0. The third kappa shape index (κ3) is 6.47. The Balaban J connectivity index is 1.67. The number of halogens is 1. The van der Waals surface area contributed by atoms with Gasteiger partial charge in [0.05, 0.1) is 23.4 Å². The lowest BCUT2D eigenvalue weighted by Gasteiger charge is -2.14. The monoisotopic (exact) mass is 460 g/mol. The molecule has 0 fully saturated rings. The maximum atomic E-state index is 13.1. The standard InChI is InChI=1S/C22H21FN2O4S2/c1-29-21-12-9-18(24-22(26)15-30-14-16-5-3-2-4-6-16)13-20(21)25-31(27,28)19-10-7-17(23)8-11-19/h2-13,25H,14-15H2,1H3,(H,24,26). The molecule has 0 bridgehead atoms. The molecule has 0 aliphatic heterocycles. The van der Waals surface area contributed by atoms with Crippen molar-refractivity contribution < 1.29 is 22.3 Å². The summed E-state index contributed by atoms with van der Waals surface area (Å²) in [4.78, 5) is 12.2. The molecule has 162 valence electrons. The van der Waals surface area contributed by atoms with E-state index in [0.29, 0.717) is 11.4 Å². The van der Waals surface area contributed by atoms with Gasteiger partial charge in [-0.15, -0.1) is 11.8 Å². The number of methoxy groups -OCH3 is 1. The van der Waals surface area contributed by atoms with Crippen molar-refractivity contribution in [3.8, 4) is 5.75 Å². The quantitative estimate of drug-likeness (QED) is 0.491. The van der Waals surface area contributed by atoms with Gasteiger partial charge in [-0.3, -0.25) is 9.52 Å². The van der Waals surface area contributed by atoms with Crippen molar-refractivity contribution in [1.82, 2.24) is 0 Å². The summed E-state index contributed by atoms with van der Waals surface area (Å²) in [5.74, 6) is 0.490. The summed E-state index contributed by atoms with van der Waals surface area (Å²) >= 11 is 1.48. The number of nitrogens with one attached hydrogen (secondary N) is 2. The molecule has 0 saturated carbocycles. The fourth-order valence-corrected chi connectivity index (χ4v) is 4.56. The predicted molar refractivity (Wildman–Crippen MR) is 121 cm³/mol. The van der Waals surface area contributed by atoms with Crippen LogP contribution in [0.4, 0.5) is 15.8 Å². The van der Waals surface area contributed by atoms with Gasteiger partial charge in [-0.25, -0.2) is 12.8 Å². The first kappa shape index (κ1) is 22.6. The number of sulfonamides is 1. The Morgan fingerprint density at radius 3 is 2.42 bits per heavy atom.